The maximum atomic E-state index is 13.0. The third kappa shape index (κ3) is 4.84. The van der Waals surface area contributed by atoms with E-state index in [0.29, 0.717) is 18.9 Å². The van der Waals surface area contributed by atoms with Gasteiger partial charge in [0, 0.05) is 19.7 Å². The Morgan fingerprint density at radius 3 is 2.29 bits per heavy atom. The molecule has 0 N–H and O–H groups in total. The molecule has 1 aromatic carbocycles. The van der Waals surface area contributed by atoms with Crippen LogP contribution in [0.3, 0.4) is 0 Å². The van der Waals surface area contributed by atoms with Gasteiger partial charge >= 0.3 is 6.18 Å². The highest BCUT2D eigenvalue weighted by Crippen LogP contribution is 2.36. The predicted octanol–water partition coefficient (Wildman–Crippen LogP) is 4.18. The summed E-state index contributed by atoms with van der Waals surface area (Å²) in [7, 11) is -2.67. The fourth-order valence-corrected chi connectivity index (χ4v) is 4.40. The lowest BCUT2D eigenvalue weighted by Crippen LogP contribution is -2.41. The first-order valence-electron chi connectivity index (χ1n) is 7.47. The van der Waals surface area contributed by atoms with Crippen LogP contribution < -0.4 is 0 Å². The fourth-order valence-electron chi connectivity index (χ4n) is 2.39. The smallest absolute Gasteiger partial charge is 0.383 e. The molecule has 0 aromatic heterocycles. The number of benzene rings is 1. The second kappa shape index (κ2) is 8.51. The van der Waals surface area contributed by atoms with E-state index in [9.17, 15) is 21.6 Å². The first kappa shape index (κ1) is 21.2. The normalized spacial score (nSPS) is 13.0. The zero-order valence-corrected chi connectivity index (χ0v) is 15.3. The van der Waals surface area contributed by atoms with Crippen molar-refractivity contribution >= 4 is 21.6 Å². The lowest BCUT2D eigenvalue weighted by atomic mass is 10.2. The van der Waals surface area contributed by atoms with Crippen molar-refractivity contribution in [2.24, 2.45) is 0 Å². The van der Waals surface area contributed by atoms with Gasteiger partial charge in [-0.15, -0.1) is 0 Å². The van der Waals surface area contributed by atoms with Crippen molar-refractivity contribution in [1.29, 1.82) is 0 Å². The van der Waals surface area contributed by atoms with E-state index in [1.807, 2.05) is 13.8 Å². The van der Waals surface area contributed by atoms with Crippen LogP contribution in [0.5, 0.6) is 0 Å². The minimum atomic E-state index is -4.73. The molecule has 0 unspecified atom stereocenters. The maximum absolute atomic E-state index is 13.0. The van der Waals surface area contributed by atoms with Crippen LogP contribution in [-0.4, -0.2) is 39.0 Å². The molecule has 0 spiro atoms. The Morgan fingerprint density at radius 1 is 1.25 bits per heavy atom. The minimum Gasteiger partial charge on any atom is -0.383 e. The van der Waals surface area contributed by atoms with E-state index in [1.54, 1.807) is 0 Å². The van der Waals surface area contributed by atoms with Crippen molar-refractivity contribution < 1.29 is 26.3 Å². The van der Waals surface area contributed by atoms with Crippen LogP contribution in [0.4, 0.5) is 13.2 Å². The van der Waals surface area contributed by atoms with Gasteiger partial charge in [-0.3, -0.25) is 0 Å². The summed E-state index contributed by atoms with van der Waals surface area (Å²) < 4.78 is 70.8. The molecule has 0 aliphatic rings. The number of nitrogens with zero attached hydrogens (tertiary/aromatic N) is 1. The summed E-state index contributed by atoms with van der Waals surface area (Å²) in [4.78, 5) is -0.428. The van der Waals surface area contributed by atoms with Crippen molar-refractivity contribution in [1.82, 2.24) is 4.31 Å². The Morgan fingerprint density at radius 2 is 1.83 bits per heavy atom. The van der Waals surface area contributed by atoms with Gasteiger partial charge in [0.1, 0.15) is 0 Å². The number of hydrogen-bond donors (Lipinski definition) is 0. The molecular formula is C15H21ClF3NO3S. The molecule has 0 atom stereocenters. The lowest BCUT2D eigenvalue weighted by Gasteiger charge is -2.29. The van der Waals surface area contributed by atoms with Crippen LogP contribution in [0.2, 0.25) is 5.02 Å². The number of methoxy groups -OCH3 is 1. The molecule has 0 saturated carbocycles. The summed E-state index contributed by atoms with van der Waals surface area (Å²) in [6.07, 6.45) is -3.65. The third-order valence-corrected chi connectivity index (χ3v) is 5.99. The average Bonchev–Trinajstić information content (AvgIpc) is 2.50. The standard InChI is InChI=1S/C15H21ClF3NO3S/c1-4-11(5-2)20(8-9-23-3)24(21,22)12-6-7-14(16)13(10-12)15(17,18)19/h6-7,10-11H,4-5,8-9H2,1-3H3. The molecular weight excluding hydrogens is 367 g/mol. The number of ether oxygens (including phenoxy) is 1. The van der Waals surface area contributed by atoms with Gasteiger partial charge in [-0.2, -0.15) is 17.5 Å². The zero-order valence-electron chi connectivity index (χ0n) is 13.7. The Hall–Kier alpha value is -0.830. The third-order valence-electron chi connectivity index (χ3n) is 3.72. The van der Waals surface area contributed by atoms with Gasteiger partial charge in [-0.1, -0.05) is 25.4 Å². The van der Waals surface area contributed by atoms with Gasteiger partial charge in [-0.25, -0.2) is 8.42 Å². The number of rotatable bonds is 8. The van der Waals surface area contributed by atoms with Crippen molar-refractivity contribution in [3.8, 4) is 0 Å². The van der Waals surface area contributed by atoms with E-state index in [2.05, 4.69) is 0 Å². The lowest BCUT2D eigenvalue weighted by molar-refractivity contribution is -0.137. The molecule has 24 heavy (non-hydrogen) atoms. The second-order valence-corrected chi connectivity index (χ2v) is 7.52. The second-order valence-electron chi connectivity index (χ2n) is 5.22. The van der Waals surface area contributed by atoms with E-state index in [4.69, 9.17) is 16.3 Å². The SMILES string of the molecule is CCC(CC)N(CCOC)S(=O)(=O)c1ccc(Cl)c(C(F)(F)F)c1. The average molecular weight is 388 g/mol. The summed E-state index contributed by atoms with van der Waals surface area (Å²) in [6.45, 7) is 3.86. The van der Waals surface area contributed by atoms with Gasteiger partial charge in [0.2, 0.25) is 10.0 Å². The van der Waals surface area contributed by atoms with Crippen LogP contribution in [0.1, 0.15) is 32.3 Å². The molecule has 0 aliphatic carbocycles. The van der Waals surface area contributed by atoms with Gasteiger partial charge in [0.15, 0.2) is 0 Å². The topological polar surface area (TPSA) is 46.6 Å². The number of alkyl halides is 3. The van der Waals surface area contributed by atoms with E-state index in [0.717, 1.165) is 12.1 Å². The molecule has 0 amide bonds. The van der Waals surface area contributed by atoms with Crippen LogP contribution in [0.15, 0.2) is 23.1 Å². The zero-order chi connectivity index (χ0) is 18.5. The highest BCUT2D eigenvalue weighted by molar-refractivity contribution is 7.89. The molecule has 0 aliphatic heterocycles. The van der Waals surface area contributed by atoms with Gasteiger partial charge < -0.3 is 4.74 Å². The Balaban J connectivity index is 3.38. The van der Waals surface area contributed by atoms with Gasteiger partial charge in [0.25, 0.3) is 0 Å². The number of halogens is 4. The Labute approximate surface area is 145 Å². The van der Waals surface area contributed by atoms with Crippen LogP contribution in [0.25, 0.3) is 0 Å². The Bertz CT molecular complexity index is 646. The summed E-state index contributed by atoms with van der Waals surface area (Å²) in [5.74, 6) is 0. The summed E-state index contributed by atoms with van der Waals surface area (Å²) >= 11 is 5.56. The first-order valence-corrected chi connectivity index (χ1v) is 9.28. The minimum absolute atomic E-state index is 0.0646. The highest BCUT2D eigenvalue weighted by Gasteiger charge is 2.36. The molecule has 138 valence electrons. The van der Waals surface area contributed by atoms with E-state index < -0.39 is 31.7 Å². The monoisotopic (exact) mass is 387 g/mol. The molecule has 0 heterocycles. The van der Waals surface area contributed by atoms with Crippen molar-refractivity contribution in [2.45, 2.75) is 43.8 Å². The number of sulfonamides is 1. The molecule has 1 aromatic rings. The largest absolute Gasteiger partial charge is 0.417 e. The quantitative estimate of drug-likeness (QED) is 0.672. The van der Waals surface area contributed by atoms with Crippen molar-refractivity contribution in [3.05, 3.63) is 28.8 Å². The first-order chi connectivity index (χ1) is 11.1. The molecule has 9 heteroatoms. The molecule has 0 bridgehead atoms. The maximum Gasteiger partial charge on any atom is 0.417 e. The van der Waals surface area contributed by atoms with E-state index in [1.165, 1.54) is 11.4 Å². The highest BCUT2D eigenvalue weighted by atomic mass is 35.5. The van der Waals surface area contributed by atoms with Crippen molar-refractivity contribution in [3.63, 3.8) is 0 Å². The molecule has 1 rings (SSSR count). The van der Waals surface area contributed by atoms with Crippen molar-refractivity contribution in [2.75, 3.05) is 20.3 Å². The molecule has 0 saturated heterocycles. The molecule has 0 fully saturated rings. The van der Waals surface area contributed by atoms with Gasteiger partial charge in [0.05, 0.1) is 22.1 Å². The molecule has 0 radical (unpaired) electrons. The summed E-state index contributed by atoms with van der Waals surface area (Å²) in [5.41, 5.74) is -1.17. The van der Waals surface area contributed by atoms with Crippen LogP contribution >= 0.6 is 11.6 Å². The van der Waals surface area contributed by atoms with Crippen LogP contribution in [-0.2, 0) is 20.9 Å². The molecule has 4 nitrogen and oxygen atoms in total. The van der Waals surface area contributed by atoms with E-state index in [-0.39, 0.29) is 19.2 Å². The number of hydrogen-bond acceptors (Lipinski definition) is 3. The fraction of sp³-hybridized carbons (Fsp3) is 0.600. The summed E-state index contributed by atoms with van der Waals surface area (Å²) in [5, 5.41) is -0.535. The van der Waals surface area contributed by atoms with Crippen LogP contribution in [0, 0.1) is 0 Å². The summed E-state index contributed by atoms with van der Waals surface area (Å²) in [6, 6.07) is 2.31. The Kier molecular flexibility index (Phi) is 7.52. The predicted molar refractivity (Wildman–Crippen MR) is 86.6 cm³/mol. The van der Waals surface area contributed by atoms with Gasteiger partial charge in [-0.05, 0) is 31.0 Å². The van der Waals surface area contributed by atoms with E-state index >= 15 is 0 Å².